The number of hydrogen-bond donors (Lipinski definition) is 1. The Morgan fingerprint density at radius 2 is 2.00 bits per heavy atom. The van der Waals surface area contributed by atoms with Crippen LogP contribution in [0.5, 0.6) is 11.5 Å². The number of Topliss-reactive ketones (excluding diaryl/α,β-unsaturated/α-hetero) is 1. The summed E-state index contributed by atoms with van der Waals surface area (Å²) in [6.07, 6.45) is 5.33. The summed E-state index contributed by atoms with van der Waals surface area (Å²) in [5.74, 6) is 0.881. The third-order valence-electron chi connectivity index (χ3n) is 5.32. The predicted molar refractivity (Wildman–Crippen MR) is 101 cm³/mol. The lowest BCUT2D eigenvalue weighted by atomic mass is 10.0. The van der Waals surface area contributed by atoms with Gasteiger partial charge in [-0.2, -0.15) is 0 Å². The number of hydrogen-bond acceptors (Lipinski definition) is 4. The SMILES string of the molecule is CC1CCCCN1Cc1c(O)ccc2c1O/C(=C\c1ccccc1)C2=O. The molecule has 0 aliphatic carbocycles. The van der Waals surface area contributed by atoms with Crippen molar-refractivity contribution in [3.05, 3.63) is 64.9 Å². The van der Waals surface area contributed by atoms with Gasteiger partial charge in [0, 0.05) is 12.6 Å². The van der Waals surface area contributed by atoms with Gasteiger partial charge >= 0.3 is 0 Å². The number of allylic oxidation sites excluding steroid dienone is 1. The number of carbonyl (C=O) groups is 1. The Kier molecular flexibility index (Phi) is 4.51. The third-order valence-corrected chi connectivity index (χ3v) is 5.32. The maximum Gasteiger partial charge on any atom is 0.231 e. The van der Waals surface area contributed by atoms with Crippen molar-refractivity contribution in [2.24, 2.45) is 0 Å². The van der Waals surface area contributed by atoms with Crippen LogP contribution in [0.15, 0.2) is 48.2 Å². The molecule has 1 unspecified atom stereocenters. The molecule has 0 bridgehead atoms. The Bertz CT molecular complexity index is 857. The van der Waals surface area contributed by atoms with Crippen LogP contribution >= 0.6 is 0 Å². The molecule has 0 spiro atoms. The minimum atomic E-state index is -0.128. The van der Waals surface area contributed by atoms with Crippen LogP contribution in [0.25, 0.3) is 6.08 Å². The van der Waals surface area contributed by atoms with Crippen LogP contribution in [0.4, 0.5) is 0 Å². The van der Waals surface area contributed by atoms with Crippen LogP contribution in [0.3, 0.4) is 0 Å². The Labute approximate surface area is 153 Å². The summed E-state index contributed by atoms with van der Waals surface area (Å²) in [4.78, 5) is 15.1. The second kappa shape index (κ2) is 6.96. The molecule has 0 aromatic heterocycles. The van der Waals surface area contributed by atoms with Gasteiger partial charge < -0.3 is 9.84 Å². The first-order valence-electron chi connectivity index (χ1n) is 9.21. The molecule has 4 rings (SSSR count). The lowest BCUT2D eigenvalue weighted by Crippen LogP contribution is -2.36. The highest BCUT2D eigenvalue weighted by Gasteiger charge is 2.32. The van der Waals surface area contributed by atoms with Crippen LogP contribution in [-0.4, -0.2) is 28.4 Å². The molecule has 0 radical (unpaired) electrons. The molecule has 134 valence electrons. The second-order valence-corrected chi connectivity index (χ2v) is 7.11. The van der Waals surface area contributed by atoms with E-state index in [1.807, 2.05) is 30.3 Å². The van der Waals surface area contributed by atoms with E-state index in [1.54, 1.807) is 18.2 Å². The van der Waals surface area contributed by atoms with Crippen molar-refractivity contribution >= 4 is 11.9 Å². The van der Waals surface area contributed by atoms with Crippen LogP contribution in [-0.2, 0) is 6.54 Å². The average molecular weight is 349 g/mol. The lowest BCUT2D eigenvalue weighted by molar-refractivity contribution is 0.101. The molecule has 4 nitrogen and oxygen atoms in total. The van der Waals surface area contributed by atoms with Gasteiger partial charge in [-0.3, -0.25) is 9.69 Å². The number of carbonyl (C=O) groups excluding carboxylic acids is 1. The van der Waals surface area contributed by atoms with E-state index in [9.17, 15) is 9.90 Å². The number of piperidine rings is 1. The van der Waals surface area contributed by atoms with Gasteiger partial charge in [-0.05, 0) is 50.1 Å². The van der Waals surface area contributed by atoms with Crippen molar-refractivity contribution < 1.29 is 14.6 Å². The third kappa shape index (κ3) is 3.13. The summed E-state index contributed by atoms with van der Waals surface area (Å²) in [6.45, 7) is 3.82. The zero-order valence-electron chi connectivity index (χ0n) is 14.9. The largest absolute Gasteiger partial charge is 0.507 e. The second-order valence-electron chi connectivity index (χ2n) is 7.11. The van der Waals surface area contributed by atoms with Crippen molar-refractivity contribution in [3.8, 4) is 11.5 Å². The number of phenols is 1. The monoisotopic (exact) mass is 349 g/mol. The van der Waals surface area contributed by atoms with E-state index in [1.165, 1.54) is 12.8 Å². The van der Waals surface area contributed by atoms with Gasteiger partial charge in [0.15, 0.2) is 5.76 Å². The quantitative estimate of drug-likeness (QED) is 0.836. The number of rotatable bonds is 3. The van der Waals surface area contributed by atoms with Crippen molar-refractivity contribution in [1.82, 2.24) is 4.90 Å². The first-order valence-corrected chi connectivity index (χ1v) is 9.21. The summed E-state index contributed by atoms with van der Waals surface area (Å²) < 4.78 is 5.94. The molecule has 0 amide bonds. The van der Waals surface area contributed by atoms with E-state index < -0.39 is 0 Å². The molecule has 1 atom stereocenters. The minimum absolute atomic E-state index is 0.128. The van der Waals surface area contributed by atoms with Crippen LogP contribution in [0, 0.1) is 0 Å². The zero-order chi connectivity index (χ0) is 18.1. The number of ketones is 1. The van der Waals surface area contributed by atoms with Crippen LogP contribution in [0.2, 0.25) is 0 Å². The average Bonchev–Trinajstić information content (AvgIpc) is 2.96. The van der Waals surface area contributed by atoms with Gasteiger partial charge in [0.1, 0.15) is 11.5 Å². The highest BCUT2D eigenvalue weighted by molar-refractivity contribution is 6.15. The minimum Gasteiger partial charge on any atom is -0.507 e. The number of ether oxygens (including phenoxy) is 1. The fourth-order valence-corrected chi connectivity index (χ4v) is 3.75. The van der Waals surface area contributed by atoms with E-state index in [-0.39, 0.29) is 11.5 Å². The summed E-state index contributed by atoms with van der Waals surface area (Å²) >= 11 is 0. The first-order chi connectivity index (χ1) is 12.6. The fraction of sp³-hybridized carbons (Fsp3) is 0.318. The van der Waals surface area contributed by atoms with Gasteiger partial charge in [0.05, 0.1) is 11.1 Å². The first kappa shape index (κ1) is 16.9. The van der Waals surface area contributed by atoms with E-state index in [2.05, 4.69) is 11.8 Å². The Morgan fingerprint density at radius 1 is 1.19 bits per heavy atom. The molecule has 2 aliphatic rings. The van der Waals surface area contributed by atoms with Crippen molar-refractivity contribution in [3.63, 3.8) is 0 Å². The molecule has 1 N–H and O–H groups in total. The van der Waals surface area contributed by atoms with Crippen molar-refractivity contribution in [2.75, 3.05) is 6.54 Å². The number of aromatic hydroxyl groups is 1. The van der Waals surface area contributed by atoms with E-state index >= 15 is 0 Å². The topological polar surface area (TPSA) is 49.8 Å². The van der Waals surface area contributed by atoms with Crippen LogP contribution < -0.4 is 4.74 Å². The fourth-order valence-electron chi connectivity index (χ4n) is 3.75. The Hall–Kier alpha value is -2.59. The molecule has 26 heavy (non-hydrogen) atoms. The molecule has 4 heteroatoms. The maximum atomic E-state index is 12.7. The Morgan fingerprint density at radius 3 is 2.77 bits per heavy atom. The summed E-state index contributed by atoms with van der Waals surface area (Å²) in [6, 6.07) is 13.4. The number of nitrogens with zero attached hydrogens (tertiary/aromatic N) is 1. The van der Waals surface area contributed by atoms with Gasteiger partial charge in [-0.15, -0.1) is 0 Å². The highest BCUT2D eigenvalue weighted by Crippen LogP contribution is 2.40. The lowest BCUT2D eigenvalue weighted by Gasteiger charge is -2.33. The number of benzene rings is 2. The smallest absolute Gasteiger partial charge is 0.231 e. The zero-order valence-corrected chi connectivity index (χ0v) is 14.9. The maximum absolute atomic E-state index is 12.7. The molecule has 1 fully saturated rings. The number of likely N-dealkylation sites (tertiary alicyclic amines) is 1. The van der Waals surface area contributed by atoms with Gasteiger partial charge in [0.25, 0.3) is 0 Å². The summed E-state index contributed by atoms with van der Waals surface area (Å²) in [5.41, 5.74) is 2.16. The Balaban J connectivity index is 1.66. The van der Waals surface area contributed by atoms with Gasteiger partial charge in [0.2, 0.25) is 5.78 Å². The van der Waals surface area contributed by atoms with E-state index in [0.29, 0.717) is 35.2 Å². The summed E-state index contributed by atoms with van der Waals surface area (Å²) in [5, 5.41) is 10.4. The molecule has 2 heterocycles. The highest BCUT2D eigenvalue weighted by atomic mass is 16.5. The van der Waals surface area contributed by atoms with Crippen LogP contribution in [0.1, 0.15) is 47.7 Å². The summed E-state index contributed by atoms with van der Waals surface area (Å²) in [7, 11) is 0. The number of phenolic OH excluding ortho intramolecular Hbond substituents is 1. The normalized spacial score (nSPS) is 21.7. The molecule has 2 aromatic rings. The van der Waals surface area contributed by atoms with E-state index in [0.717, 1.165) is 18.5 Å². The van der Waals surface area contributed by atoms with Gasteiger partial charge in [-0.25, -0.2) is 0 Å². The molecule has 2 aliphatic heterocycles. The molecule has 2 aromatic carbocycles. The molecular weight excluding hydrogens is 326 g/mol. The van der Waals surface area contributed by atoms with Crippen molar-refractivity contribution in [2.45, 2.75) is 38.8 Å². The predicted octanol–water partition coefficient (Wildman–Crippen LogP) is 4.38. The van der Waals surface area contributed by atoms with E-state index in [4.69, 9.17) is 4.74 Å². The molecular formula is C22H23NO3. The van der Waals surface area contributed by atoms with Crippen molar-refractivity contribution in [1.29, 1.82) is 0 Å². The number of fused-ring (bicyclic) bond motifs is 1. The van der Waals surface area contributed by atoms with Gasteiger partial charge in [-0.1, -0.05) is 36.8 Å². The molecule has 1 saturated heterocycles. The molecule has 0 saturated carbocycles. The standard InChI is InChI=1S/C22H23NO3/c1-15-7-5-6-12-23(15)14-18-19(24)11-10-17-21(25)20(26-22(17)18)13-16-8-3-2-4-9-16/h2-4,8-11,13,15,24H,5-7,12,14H2,1H3/b20-13-.